The van der Waals surface area contributed by atoms with Gasteiger partial charge in [0.15, 0.2) is 0 Å². The molecule has 152 valence electrons. The summed E-state index contributed by atoms with van der Waals surface area (Å²) in [5.41, 5.74) is 1.46. The van der Waals surface area contributed by atoms with Crippen molar-refractivity contribution in [1.82, 2.24) is 9.29 Å². The van der Waals surface area contributed by atoms with Gasteiger partial charge >= 0.3 is 0 Å². The number of amides is 1. The molecule has 3 rings (SSSR count). The Balaban J connectivity index is 1.98. The van der Waals surface area contributed by atoms with Crippen molar-refractivity contribution >= 4 is 32.5 Å². The number of ether oxygens (including phenoxy) is 1. The van der Waals surface area contributed by atoms with Gasteiger partial charge in [0, 0.05) is 31.2 Å². The lowest BCUT2D eigenvalue weighted by Crippen LogP contribution is -2.23. The molecular weight excluding hydrogens is 397 g/mol. The molecule has 0 bridgehead atoms. The molecule has 0 fully saturated rings. The van der Waals surface area contributed by atoms with Gasteiger partial charge in [0.2, 0.25) is 10.0 Å². The van der Waals surface area contributed by atoms with E-state index < -0.39 is 21.7 Å². The summed E-state index contributed by atoms with van der Waals surface area (Å²) in [6.45, 7) is 1.65. The van der Waals surface area contributed by atoms with Crippen molar-refractivity contribution in [3.63, 3.8) is 0 Å². The van der Waals surface area contributed by atoms with Gasteiger partial charge in [0.05, 0.1) is 23.9 Å². The van der Waals surface area contributed by atoms with Crippen LogP contribution < -0.4 is 10.1 Å². The molecule has 7 nitrogen and oxygen atoms in total. The first-order valence-corrected chi connectivity index (χ1v) is 10.1. The molecule has 1 amide bonds. The highest BCUT2D eigenvalue weighted by Crippen LogP contribution is 2.29. The van der Waals surface area contributed by atoms with Crippen LogP contribution in [0.3, 0.4) is 0 Å². The minimum Gasteiger partial charge on any atom is -0.495 e. The molecular formula is C20H20FN3O4S. The van der Waals surface area contributed by atoms with Crippen LogP contribution in [-0.4, -0.2) is 44.8 Å². The molecule has 3 aromatic rings. The average Bonchev–Trinajstić information content (AvgIpc) is 2.67. The number of aryl methyl sites for hydroxylation is 1. The van der Waals surface area contributed by atoms with Crippen molar-refractivity contribution in [3.8, 4) is 5.75 Å². The maximum atomic E-state index is 13.4. The van der Waals surface area contributed by atoms with E-state index in [4.69, 9.17) is 4.74 Å². The number of hydrogen-bond acceptors (Lipinski definition) is 5. The molecule has 0 aliphatic heterocycles. The van der Waals surface area contributed by atoms with Gasteiger partial charge in [-0.3, -0.25) is 9.78 Å². The third-order valence-electron chi connectivity index (χ3n) is 4.40. The molecule has 2 aromatic carbocycles. The number of pyridine rings is 1. The number of aromatic nitrogens is 1. The fourth-order valence-electron chi connectivity index (χ4n) is 2.82. The molecule has 0 aliphatic carbocycles. The molecule has 0 unspecified atom stereocenters. The van der Waals surface area contributed by atoms with Gasteiger partial charge in [-0.1, -0.05) is 0 Å². The van der Waals surface area contributed by atoms with Crippen LogP contribution in [-0.2, 0) is 10.0 Å². The van der Waals surface area contributed by atoms with Crippen molar-refractivity contribution in [2.24, 2.45) is 0 Å². The second-order valence-electron chi connectivity index (χ2n) is 6.57. The number of nitrogens with zero attached hydrogens (tertiary/aromatic N) is 2. The van der Waals surface area contributed by atoms with E-state index in [1.54, 1.807) is 25.1 Å². The van der Waals surface area contributed by atoms with Crippen LogP contribution in [0.1, 0.15) is 16.1 Å². The molecule has 1 N–H and O–H groups in total. The van der Waals surface area contributed by atoms with Gasteiger partial charge < -0.3 is 10.1 Å². The first-order chi connectivity index (χ1) is 13.6. The Kier molecular flexibility index (Phi) is 5.54. The van der Waals surface area contributed by atoms with E-state index >= 15 is 0 Å². The van der Waals surface area contributed by atoms with Crippen LogP contribution in [0.4, 0.5) is 10.1 Å². The highest BCUT2D eigenvalue weighted by Gasteiger charge is 2.23. The van der Waals surface area contributed by atoms with Crippen molar-refractivity contribution in [2.45, 2.75) is 11.8 Å². The number of carbonyl (C=O) groups is 1. The van der Waals surface area contributed by atoms with Gasteiger partial charge in [-0.05, 0) is 43.3 Å². The zero-order valence-corrected chi connectivity index (χ0v) is 17.2. The number of fused-ring (bicyclic) bond motifs is 1. The lowest BCUT2D eigenvalue weighted by atomic mass is 10.1. The summed E-state index contributed by atoms with van der Waals surface area (Å²) >= 11 is 0. The maximum Gasteiger partial charge on any atom is 0.257 e. The largest absolute Gasteiger partial charge is 0.495 e. The Morgan fingerprint density at radius 1 is 1.14 bits per heavy atom. The summed E-state index contributed by atoms with van der Waals surface area (Å²) in [6, 6.07) is 10.1. The smallest absolute Gasteiger partial charge is 0.257 e. The SMILES string of the molecule is COc1ccc(NC(=O)c2cc3ccc(F)cc3nc2C)cc1S(=O)(=O)N(C)C. The predicted molar refractivity (Wildman–Crippen MR) is 108 cm³/mol. The highest BCUT2D eigenvalue weighted by atomic mass is 32.2. The predicted octanol–water partition coefficient (Wildman–Crippen LogP) is 3.19. The summed E-state index contributed by atoms with van der Waals surface area (Å²) in [7, 11) is 0.415. The number of benzene rings is 2. The zero-order valence-electron chi connectivity index (χ0n) is 16.4. The van der Waals surface area contributed by atoms with Crippen LogP contribution in [0.25, 0.3) is 10.9 Å². The Morgan fingerprint density at radius 3 is 2.52 bits per heavy atom. The van der Waals surface area contributed by atoms with E-state index in [0.717, 1.165) is 4.31 Å². The fraction of sp³-hybridized carbons (Fsp3) is 0.200. The van der Waals surface area contributed by atoms with E-state index in [2.05, 4.69) is 10.3 Å². The van der Waals surface area contributed by atoms with Gasteiger partial charge in [0.25, 0.3) is 5.91 Å². The van der Waals surface area contributed by atoms with Gasteiger partial charge in [-0.2, -0.15) is 0 Å². The Bertz CT molecular complexity index is 1210. The minimum absolute atomic E-state index is 0.0633. The Morgan fingerprint density at radius 2 is 1.86 bits per heavy atom. The van der Waals surface area contributed by atoms with E-state index in [-0.39, 0.29) is 16.3 Å². The van der Waals surface area contributed by atoms with Crippen molar-refractivity contribution in [3.05, 3.63) is 59.5 Å². The summed E-state index contributed by atoms with van der Waals surface area (Å²) < 4.78 is 44.7. The Hall–Kier alpha value is -3.04. The second-order valence-corrected chi connectivity index (χ2v) is 8.69. The van der Waals surface area contributed by atoms with Gasteiger partial charge in [-0.15, -0.1) is 0 Å². The summed E-state index contributed by atoms with van der Waals surface area (Å²) in [6.07, 6.45) is 0. The molecule has 1 heterocycles. The molecule has 0 saturated heterocycles. The van der Waals surface area contributed by atoms with Gasteiger partial charge in [-0.25, -0.2) is 17.1 Å². The number of hydrogen-bond donors (Lipinski definition) is 1. The van der Waals surface area contributed by atoms with E-state index in [0.29, 0.717) is 22.2 Å². The molecule has 1 aromatic heterocycles. The number of nitrogens with one attached hydrogen (secondary N) is 1. The standard InChI is InChI=1S/C20H20FN3O4S/c1-12-16(9-13-5-6-14(21)10-17(13)22-12)20(25)23-15-7-8-18(28-4)19(11-15)29(26,27)24(2)3/h5-11H,1-4H3,(H,23,25). The number of methoxy groups -OCH3 is 1. The monoisotopic (exact) mass is 417 g/mol. The average molecular weight is 417 g/mol. The van der Waals surface area contributed by atoms with Gasteiger partial charge in [0.1, 0.15) is 16.5 Å². The topological polar surface area (TPSA) is 88.6 Å². The van der Waals surface area contributed by atoms with Crippen molar-refractivity contribution in [2.75, 3.05) is 26.5 Å². The van der Waals surface area contributed by atoms with E-state index in [1.165, 1.54) is 45.5 Å². The highest BCUT2D eigenvalue weighted by molar-refractivity contribution is 7.89. The van der Waals surface area contributed by atoms with Crippen LogP contribution in [0.2, 0.25) is 0 Å². The fourth-order valence-corrected chi connectivity index (χ4v) is 3.89. The first kappa shape index (κ1) is 20.7. The zero-order chi connectivity index (χ0) is 21.3. The molecule has 9 heteroatoms. The number of rotatable bonds is 5. The van der Waals surface area contributed by atoms with E-state index in [9.17, 15) is 17.6 Å². The third-order valence-corrected chi connectivity index (χ3v) is 6.23. The third kappa shape index (κ3) is 4.06. The summed E-state index contributed by atoms with van der Waals surface area (Å²) in [4.78, 5) is 17.0. The quantitative estimate of drug-likeness (QED) is 0.689. The summed E-state index contributed by atoms with van der Waals surface area (Å²) in [5, 5.41) is 3.30. The van der Waals surface area contributed by atoms with Crippen LogP contribution in [0.15, 0.2) is 47.4 Å². The molecule has 0 aliphatic rings. The normalized spacial score (nSPS) is 11.7. The van der Waals surface area contributed by atoms with Crippen LogP contribution >= 0.6 is 0 Å². The van der Waals surface area contributed by atoms with Crippen LogP contribution in [0.5, 0.6) is 5.75 Å². The minimum atomic E-state index is -3.77. The molecule has 0 saturated carbocycles. The lowest BCUT2D eigenvalue weighted by molar-refractivity contribution is 0.102. The number of halogens is 1. The molecule has 0 spiro atoms. The molecule has 0 atom stereocenters. The first-order valence-electron chi connectivity index (χ1n) is 8.62. The second kappa shape index (κ2) is 7.76. The van der Waals surface area contributed by atoms with E-state index in [1.807, 2.05) is 0 Å². The molecule has 0 radical (unpaired) electrons. The lowest BCUT2D eigenvalue weighted by Gasteiger charge is -2.16. The van der Waals surface area contributed by atoms with Crippen LogP contribution in [0, 0.1) is 12.7 Å². The summed E-state index contributed by atoms with van der Waals surface area (Å²) in [5.74, 6) is -0.698. The maximum absolute atomic E-state index is 13.4. The number of sulfonamides is 1. The van der Waals surface area contributed by atoms with Crippen molar-refractivity contribution in [1.29, 1.82) is 0 Å². The number of carbonyl (C=O) groups excluding carboxylic acids is 1. The Labute approximate surface area is 168 Å². The molecule has 29 heavy (non-hydrogen) atoms. The van der Waals surface area contributed by atoms with Crippen molar-refractivity contribution < 1.29 is 22.3 Å². The number of anilines is 1.